The van der Waals surface area contributed by atoms with Crippen molar-refractivity contribution in [2.75, 3.05) is 13.2 Å². The van der Waals surface area contributed by atoms with Gasteiger partial charge < -0.3 is 9.47 Å². The maximum Gasteiger partial charge on any atom is 0.310 e. The number of ether oxygens (including phenoxy) is 2. The first-order valence-corrected chi connectivity index (χ1v) is 10.8. The van der Waals surface area contributed by atoms with Crippen LogP contribution >= 0.6 is 0 Å². The summed E-state index contributed by atoms with van der Waals surface area (Å²) in [6, 6.07) is 0. The van der Waals surface area contributed by atoms with Crippen LogP contribution in [0.15, 0.2) is 0 Å². The van der Waals surface area contributed by atoms with Crippen LogP contribution in [0.1, 0.15) is 98.3 Å². The highest BCUT2D eigenvalue weighted by atomic mass is 16.5. The molecule has 0 aromatic carbocycles. The first kappa shape index (κ1) is 23.0. The van der Waals surface area contributed by atoms with E-state index in [1.165, 1.54) is 12.8 Å². The van der Waals surface area contributed by atoms with Crippen molar-refractivity contribution < 1.29 is 19.1 Å². The van der Waals surface area contributed by atoms with Crippen LogP contribution in [0.4, 0.5) is 0 Å². The Morgan fingerprint density at radius 2 is 1.38 bits per heavy atom. The summed E-state index contributed by atoms with van der Waals surface area (Å²) in [7, 11) is 0. The summed E-state index contributed by atoms with van der Waals surface area (Å²) in [6.45, 7) is 9.41. The van der Waals surface area contributed by atoms with Gasteiger partial charge in [-0.25, -0.2) is 0 Å². The number of hydrogen-bond acceptors (Lipinski definition) is 4. The second-order valence-corrected chi connectivity index (χ2v) is 8.42. The van der Waals surface area contributed by atoms with E-state index in [9.17, 15) is 9.59 Å². The molecule has 1 aliphatic carbocycles. The molecule has 0 aliphatic heterocycles. The van der Waals surface area contributed by atoms with Crippen LogP contribution in [-0.4, -0.2) is 25.2 Å². The van der Waals surface area contributed by atoms with Gasteiger partial charge in [-0.1, -0.05) is 72.6 Å². The molecular weight excluding hydrogens is 328 g/mol. The number of carbonyl (C=O) groups excluding carboxylic acids is 2. The minimum Gasteiger partial charge on any atom is -0.465 e. The van der Waals surface area contributed by atoms with Crippen molar-refractivity contribution in [1.29, 1.82) is 0 Å². The summed E-state index contributed by atoms with van der Waals surface area (Å²) in [4.78, 5) is 25.4. The summed E-state index contributed by atoms with van der Waals surface area (Å²) in [5.74, 6) is -1.15. The Kier molecular flexibility index (Phi) is 10.9. The Hall–Kier alpha value is -1.06. The Bertz CT molecular complexity index is 416. The highest BCUT2D eigenvalue weighted by Gasteiger charge is 2.48. The van der Waals surface area contributed by atoms with Crippen LogP contribution in [0.5, 0.6) is 0 Å². The molecule has 0 bridgehead atoms. The van der Waals surface area contributed by atoms with Crippen LogP contribution in [-0.2, 0) is 19.1 Å². The number of rotatable bonds is 12. The van der Waals surface area contributed by atoms with Crippen molar-refractivity contribution in [3.63, 3.8) is 0 Å². The number of esters is 2. The van der Waals surface area contributed by atoms with Crippen LogP contribution in [0, 0.1) is 17.3 Å². The molecule has 0 heterocycles. The molecule has 152 valence electrons. The second-order valence-electron chi connectivity index (χ2n) is 8.42. The van der Waals surface area contributed by atoms with Crippen LogP contribution in [0.2, 0.25) is 0 Å². The molecule has 0 N–H and O–H groups in total. The molecule has 0 aromatic rings. The van der Waals surface area contributed by atoms with Crippen molar-refractivity contribution in [3.8, 4) is 0 Å². The normalized spacial score (nSPS) is 22.0. The largest absolute Gasteiger partial charge is 0.465 e. The van der Waals surface area contributed by atoms with Gasteiger partial charge in [-0.2, -0.15) is 0 Å². The molecule has 4 nitrogen and oxygen atoms in total. The van der Waals surface area contributed by atoms with E-state index in [0.717, 1.165) is 57.8 Å². The van der Waals surface area contributed by atoms with Crippen LogP contribution < -0.4 is 0 Å². The first-order valence-electron chi connectivity index (χ1n) is 10.8. The minimum atomic E-state index is -0.384. The topological polar surface area (TPSA) is 52.6 Å². The fraction of sp³-hybridized carbons (Fsp3) is 0.909. The molecule has 0 saturated heterocycles. The van der Waals surface area contributed by atoms with Gasteiger partial charge in [0.25, 0.3) is 0 Å². The van der Waals surface area contributed by atoms with E-state index in [1.54, 1.807) is 0 Å². The summed E-state index contributed by atoms with van der Waals surface area (Å²) in [5.41, 5.74) is -0.218. The standard InChI is InChI=1S/C22H40O4/c1-5-7-9-11-16-25-20(23)18-14-13-15-22(3,4)19(18)21(24)26-17-12-10-8-6-2/h18-19H,5-17H2,1-4H3. The average Bonchev–Trinajstić information content (AvgIpc) is 2.60. The lowest BCUT2D eigenvalue weighted by molar-refractivity contribution is -0.169. The zero-order valence-electron chi connectivity index (χ0n) is 17.5. The minimum absolute atomic E-state index is 0.206. The Morgan fingerprint density at radius 1 is 0.846 bits per heavy atom. The number of hydrogen-bond donors (Lipinski definition) is 0. The molecule has 1 rings (SSSR count). The third kappa shape index (κ3) is 7.67. The fourth-order valence-corrected chi connectivity index (χ4v) is 3.98. The molecule has 1 fully saturated rings. The van der Waals surface area contributed by atoms with Gasteiger partial charge in [0.1, 0.15) is 0 Å². The third-order valence-corrected chi connectivity index (χ3v) is 5.62. The van der Waals surface area contributed by atoms with Crippen molar-refractivity contribution >= 4 is 11.9 Å². The van der Waals surface area contributed by atoms with Gasteiger partial charge in [-0.15, -0.1) is 0 Å². The highest BCUT2D eigenvalue weighted by Crippen LogP contribution is 2.45. The van der Waals surface area contributed by atoms with Crippen molar-refractivity contribution in [1.82, 2.24) is 0 Å². The van der Waals surface area contributed by atoms with E-state index in [2.05, 4.69) is 27.7 Å². The molecular formula is C22H40O4. The smallest absolute Gasteiger partial charge is 0.310 e. The summed E-state index contributed by atoms with van der Waals surface area (Å²) in [6.07, 6.45) is 11.3. The molecule has 4 heteroatoms. The van der Waals surface area contributed by atoms with E-state index in [-0.39, 0.29) is 29.2 Å². The summed E-state index contributed by atoms with van der Waals surface area (Å²) < 4.78 is 11.1. The van der Waals surface area contributed by atoms with E-state index in [1.807, 2.05) is 0 Å². The average molecular weight is 369 g/mol. The zero-order valence-corrected chi connectivity index (χ0v) is 17.5. The van der Waals surface area contributed by atoms with Crippen molar-refractivity contribution in [3.05, 3.63) is 0 Å². The fourth-order valence-electron chi connectivity index (χ4n) is 3.98. The second kappa shape index (κ2) is 12.3. The predicted octanol–water partition coefficient (Wildman–Crippen LogP) is 5.68. The van der Waals surface area contributed by atoms with Crippen LogP contribution in [0.25, 0.3) is 0 Å². The maximum absolute atomic E-state index is 12.7. The summed E-state index contributed by atoms with van der Waals surface area (Å²) in [5, 5.41) is 0. The van der Waals surface area contributed by atoms with Gasteiger partial charge >= 0.3 is 11.9 Å². The maximum atomic E-state index is 12.7. The molecule has 0 amide bonds. The van der Waals surface area contributed by atoms with Gasteiger partial charge in [0.05, 0.1) is 25.0 Å². The van der Waals surface area contributed by atoms with E-state index >= 15 is 0 Å². The monoisotopic (exact) mass is 368 g/mol. The molecule has 26 heavy (non-hydrogen) atoms. The number of unbranched alkanes of at least 4 members (excludes halogenated alkanes) is 6. The molecule has 0 spiro atoms. The molecule has 0 aromatic heterocycles. The van der Waals surface area contributed by atoms with Gasteiger partial charge in [-0.3, -0.25) is 9.59 Å². The third-order valence-electron chi connectivity index (χ3n) is 5.62. The van der Waals surface area contributed by atoms with E-state index in [0.29, 0.717) is 13.2 Å². The molecule has 2 unspecified atom stereocenters. The number of carbonyl (C=O) groups is 2. The highest BCUT2D eigenvalue weighted by molar-refractivity contribution is 5.83. The lowest BCUT2D eigenvalue weighted by Crippen LogP contribution is -2.45. The lowest BCUT2D eigenvalue weighted by atomic mass is 9.63. The molecule has 2 atom stereocenters. The van der Waals surface area contributed by atoms with Gasteiger partial charge in [0.2, 0.25) is 0 Å². The van der Waals surface area contributed by atoms with E-state index < -0.39 is 0 Å². The molecule has 1 aliphatic rings. The first-order chi connectivity index (χ1) is 12.4. The zero-order chi connectivity index (χ0) is 19.4. The molecule has 1 saturated carbocycles. The van der Waals surface area contributed by atoms with Crippen molar-refractivity contribution in [2.45, 2.75) is 98.3 Å². The lowest BCUT2D eigenvalue weighted by Gasteiger charge is -2.41. The van der Waals surface area contributed by atoms with Crippen LogP contribution in [0.3, 0.4) is 0 Å². The predicted molar refractivity (Wildman–Crippen MR) is 105 cm³/mol. The Balaban J connectivity index is 2.57. The Morgan fingerprint density at radius 3 is 1.92 bits per heavy atom. The van der Waals surface area contributed by atoms with Crippen molar-refractivity contribution in [2.24, 2.45) is 17.3 Å². The Labute approximate surface area is 160 Å². The SMILES string of the molecule is CCCCCCOC(=O)C1CCCC(C)(C)C1C(=O)OCCCCCC. The van der Waals surface area contributed by atoms with Gasteiger partial charge in [0, 0.05) is 0 Å². The molecule has 0 radical (unpaired) electrons. The van der Waals surface area contributed by atoms with E-state index in [4.69, 9.17) is 9.47 Å². The van der Waals surface area contributed by atoms with Gasteiger partial charge in [0.15, 0.2) is 0 Å². The quantitative estimate of drug-likeness (QED) is 0.329. The summed E-state index contributed by atoms with van der Waals surface area (Å²) >= 11 is 0. The van der Waals surface area contributed by atoms with Gasteiger partial charge in [-0.05, 0) is 31.1 Å².